The lowest BCUT2D eigenvalue weighted by molar-refractivity contribution is -0.144. The number of nitrogens with zero attached hydrogens (tertiary/aromatic N) is 3. The van der Waals surface area contributed by atoms with E-state index in [1.54, 1.807) is 115 Å². The van der Waals surface area contributed by atoms with Crippen molar-refractivity contribution in [1.82, 2.24) is 72.5 Å². The zero-order valence-corrected chi connectivity index (χ0v) is 84.8. The highest BCUT2D eigenvalue weighted by Gasteiger charge is 2.48. The Morgan fingerprint density at radius 3 is 1.27 bits per heavy atom. The van der Waals surface area contributed by atoms with Gasteiger partial charge in [0.2, 0.25) is 65.0 Å². The van der Waals surface area contributed by atoms with Crippen LogP contribution in [0.3, 0.4) is 0 Å². The van der Waals surface area contributed by atoms with Crippen molar-refractivity contribution in [1.29, 1.82) is 0 Å². The minimum Gasteiger partial charge on any atom is -0.489 e. The number of amides is 12. The molecule has 35 heteroatoms. The van der Waals surface area contributed by atoms with Gasteiger partial charge < -0.3 is 108 Å². The van der Waals surface area contributed by atoms with Crippen molar-refractivity contribution in [3.8, 4) is 11.5 Å². The van der Waals surface area contributed by atoms with Crippen LogP contribution in [0.15, 0.2) is 291 Å². The Labute approximate surface area is 873 Å². The number of unbranched alkanes of at least 4 members (excludes halogenated alkanes) is 2. The number of nitrogens with two attached hydrogens (primary N) is 3. The standard InChI is InChI=1S/C59H67N9O9.C56H63N8O8P/c60-27-13-12-22-48-54(70)65-49(31-39-23-25-44(26-24-39)76-37-40-16-6-2-7-17-40)52(69)33-42(30-38-14-4-1-5-15-38)58(74)68-36-45(77-59(75)62-29-28-61)34-51(68)56(72)67-53(41-18-8-3-9-19-41)57(73)66-50(55(71)64-48)32-43-35-63-47-21-11-10-20-46(43)47;1-63-33-40(43-21-11-12-23-48(43)63)31-46-53(67)58-44(22-13-14-28-57)51(65)59-45(29-37-24-26-41(27-25-37)71-35-38-17-7-3-8-18-38)52(66)61-47(30-36-15-5-2-6-16-36)56(70)64-34-42(72-73)32-49(64)54(68)62-50(55(69)60-46)39-19-9-4-10-20-39/h1-11,14-21,23-26,35,42,45,48-51,53,63H,12-13,22,27-34,36-37,60-61H2,(H,62,75)(H,64,71)(H,65,70)(H,66,73)(H,67,72);2-12,15-21,23-27,33,42,44-47,49-50H,13-14,22,28-32,34-35,57,73H2,1H3,(H,58,67)(H,59,65)(H,60,69)(H,61,66)(H,62,68)/t42-,45?,48+,49+,50?,51-,53+;42?,44-,45-,46?,47-,49+,50-/m01/s1. The number of hydrogen-bond acceptors (Lipinski definition) is 20. The average molecular weight is 2050 g/mol. The number of aromatic nitrogens is 2. The van der Waals surface area contributed by atoms with Gasteiger partial charge in [-0.3, -0.25) is 57.5 Å². The quantitative estimate of drug-likeness (QED) is 0.0138. The number of fused-ring (bicyclic) bond motifs is 4. The van der Waals surface area contributed by atoms with E-state index in [1.165, 1.54) is 9.80 Å². The molecule has 0 aliphatic carbocycles. The van der Waals surface area contributed by atoms with Gasteiger partial charge in [-0.1, -0.05) is 243 Å². The summed E-state index contributed by atoms with van der Waals surface area (Å²) in [5, 5.41) is 30.7. The lowest BCUT2D eigenvalue weighted by atomic mass is 9.89. The van der Waals surface area contributed by atoms with Crippen LogP contribution >= 0.6 is 9.47 Å². The Morgan fingerprint density at radius 1 is 0.373 bits per heavy atom. The number of rotatable bonds is 32. The third-order valence-electron chi connectivity index (χ3n) is 27.4. The number of hydrogen-bond donors (Lipinski definition) is 14. The number of aromatic amines is 1. The summed E-state index contributed by atoms with van der Waals surface area (Å²) >= 11 is 0. The molecule has 12 amide bonds. The maximum absolute atomic E-state index is 15.4. The summed E-state index contributed by atoms with van der Waals surface area (Å²) in [7, 11) is 4.09. The fourth-order valence-corrected chi connectivity index (χ4v) is 19.7. The predicted octanol–water partition coefficient (Wildman–Crippen LogP) is 8.96. The molecule has 150 heavy (non-hydrogen) atoms. The van der Waals surface area contributed by atoms with Gasteiger partial charge in [0.1, 0.15) is 91.2 Å². The first kappa shape index (κ1) is 108. The predicted molar refractivity (Wildman–Crippen MR) is 570 cm³/mol. The maximum Gasteiger partial charge on any atom is 0.407 e. The fourth-order valence-electron chi connectivity index (χ4n) is 19.5. The van der Waals surface area contributed by atoms with Crippen molar-refractivity contribution in [2.45, 2.75) is 188 Å². The van der Waals surface area contributed by atoms with E-state index in [9.17, 15) is 47.9 Å². The van der Waals surface area contributed by atoms with Gasteiger partial charge in [0.15, 0.2) is 5.78 Å². The van der Waals surface area contributed by atoms with Gasteiger partial charge in [-0.05, 0) is 156 Å². The number of carbonyl (C=O) groups excluding carboxylic acids is 13. The minimum absolute atomic E-state index is 0.000391. The van der Waals surface area contributed by atoms with E-state index < -0.39 is 161 Å². The highest BCUT2D eigenvalue weighted by atomic mass is 31.0. The number of para-hydroxylation sites is 2. The summed E-state index contributed by atoms with van der Waals surface area (Å²) in [4.78, 5) is 199. The molecule has 6 heterocycles. The second-order valence-electron chi connectivity index (χ2n) is 38.2. The maximum atomic E-state index is 15.4. The van der Waals surface area contributed by atoms with Gasteiger partial charge in [0, 0.05) is 121 Å². The van der Waals surface area contributed by atoms with Crippen LogP contribution in [-0.4, -0.2) is 202 Å². The van der Waals surface area contributed by atoms with Crippen LogP contribution in [0.4, 0.5) is 4.79 Å². The molecule has 2 aromatic heterocycles. The van der Waals surface area contributed by atoms with Gasteiger partial charge in [0.05, 0.1) is 18.7 Å². The molecule has 0 radical (unpaired) electrons. The number of benzene rings is 10. The monoisotopic (exact) mass is 2050 g/mol. The second kappa shape index (κ2) is 53.7. The zero-order chi connectivity index (χ0) is 105. The number of alkyl carbamates (subject to hydrolysis) is 1. The topological polar surface area (TPSA) is 484 Å². The Kier molecular flexibility index (Phi) is 38.9. The third-order valence-corrected chi connectivity index (χ3v) is 27.8. The molecule has 16 rings (SSSR count). The first-order valence-electron chi connectivity index (χ1n) is 51.0. The SMILES string of the molecule is Cn1cc(CC2NC(=O)[C@@H](c3ccccc3)NC(=O)[C@@H]3CC(OP)CN3C(=O)[C@@H](Cc3ccccc3)NC(=O)[C@@H](Cc3ccc(OCc4ccccc4)cc3)NC(=O)[C@@H](CCCCN)NC2=O)c2ccccc21.NCCCC[C@H]1NC(=O)C(Cc2c[nH]c3ccccc23)NC(=O)[C@@H](c2ccccc2)NC(=O)[C@@H]2CC(OC(=O)NCCN)CN2C(=O)[C@@H](Cc2ccccc2)CC(=O)[C@@H](Cc2ccc(OCc3ccccc3)cc2)NC1=O. The lowest BCUT2D eigenvalue weighted by Crippen LogP contribution is -2.61. The largest absolute Gasteiger partial charge is 0.489 e. The first-order valence-corrected chi connectivity index (χ1v) is 51.4. The van der Waals surface area contributed by atoms with E-state index in [1.807, 2.05) is 188 Å². The van der Waals surface area contributed by atoms with E-state index in [0.717, 1.165) is 49.6 Å². The Balaban J connectivity index is 0.000000224. The van der Waals surface area contributed by atoms with E-state index in [-0.39, 0.29) is 96.8 Å². The molecule has 4 aliphatic heterocycles. The van der Waals surface area contributed by atoms with Crippen LogP contribution in [0.2, 0.25) is 0 Å². The summed E-state index contributed by atoms with van der Waals surface area (Å²) in [5.74, 6) is -7.63. The van der Waals surface area contributed by atoms with Gasteiger partial charge in [0.25, 0.3) is 0 Å². The van der Waals surface area contributed by atoms with Crippen LogP contribution in [0.25, 0.3) is 21.8 Å². The van der Waals surface area contributed by atoms with Crippen molar-refractivity contribution in [2.24, 2.45) is 30.2 Å². The smallest absolute Gasteiger partial charge is 0.407 e. The van der Waals surface area contributed by atoms with Crippen LogP contribution in [0.1, 0.15) is 126 Å². The first-order chi connectivity index (χ1) is 72.9. The molecule has 0 spiro atoms. The highest BCUT2D eigenvalue weighted by molar-refractivity contribution is 7.09. The number of nitrogens with one attached hydrogen (secondary N) is 11. The highest BCUT2D eigenvalue weighted by Crippen LogP contribution is 2.33. The third kappa shape index (κ3) is 29.6. The van der Waals surface area contributed by atoms with Gasteiger partial charge in [-0.25, -0.2) is 4.79 Å². The van der Waals surface area contributed by atoms with Crippen LogP contribution in [0.5, 0.6) is 11.5 Å². The summed E-state index contributed by atoms with van der Waals surface area (Å²) < 4.78 is 25.4. The Hall–Kier alpha value is -15.7. The average Bonchev–Trinajstić information content (AvgIpc) is 1.63. The zero-order valence-electron chi connectivity index (χ0n) is 83.7. The molecule has 0 saturated carbocycles. The number of ketones is 1. The van der Waals surface area contributed by atoms with E-state index in [4.69, 9.17) is 35.9 Å². The Bertz CT molecular complexity index is 6600. The lowest BCUT2D eigenvalue weighted by Gasteiger charge is -2.32. The number of ether oxygens (including phenoxy) is 3. The number of carbonyl (C=O) groups is 13. The molecule has 4 fully saturated rings. The summed E-state index contributed by atoms with van der Waals surface area (Å²) in [6.45, 7) is 1.38. The summed E-state index contributed by atoms with van der Waals surface area (Å²) in [6, 6.07) is 70.5. The number of Topliss-reactive ketones (excluding diaryl/α,β-unsaturated/α-hetero) is 1. The van der Waals surface area contributed by atoms with Gasteiger partial charge >= 0.3 is 6.09 Å². The fraction of sp³-hybridized carbons (Fsp3) is 0.330. The molecule has 0 bridgehead atoms. The molecule has 10 aromatic carbocycles. The van der Waals surface area contributed by atoms with Crippen molar-refractivity contribution < 1.29 is 81.1 Å². The van der Waals surface area contributed by atoms with Crippen LogP contribution in [0, 0.1) is 5.92 Å². The van der Waals surface area contributed by atoms with Crippen LogP contribution < -0.4 is 79.8 Å². The second-order valence-corrected chi connectivity index (χ2v) is 38.5. The molecule has 15 atom stereocenters. The van der Waals surface area contributed by atoms with Gasteiger partial charge in [-0.15, -0.1) is 0 Å². The minimum atomic E-state index is -1.40. The van der Waals surface area contributed by atoms with Crippen molar-refractivity contribution in [2.75, 3.05) is 39.3 Å². The molecular weight excluding hydrogens is 1920 g/mol. The van der Waals surface area contributed by atoms with Crippen molar-refractivity contribution in [3.05, 3.63) is 347 Å². The molecule has 17 N–H and O–H groups in total. The molecule has 782 valence electrons. The molecule has 4 aliphatic rings. The summed E-state index contributed by atoms with van der Waals surface area (Å²) in [5.41, 5.74) is 26.2. The molecule has 4 saturated heterocycles. The van der Waals surface area contributed by atoms with Gasteiger partial charge in [-0.2, -0.15) is 0 Å². The van der Waals surface area contributed by atoms with Crippen molar-refractivity contribution >= 4 is 108 Å². The molecule has 12 aromatic rings. The van der Waals surface area contributed by atoms with E-state index in [2.05, 4.69) is 67.6 Å². The van der Waals surface area contributed by atoms with Crippen molar-refractivity contribution in [3.63, 3.8) is 0 Å². The molecular formula is C115H130N17O17P. The number of aryl methyl sites for hydroxylation is 1. The number of H-pyrrole nitrogens is 1. The normalized spacial score (nSPS) is 22.0. The van der Waals surface area contributed by atoms with E-state index in [0.29, 0.717) is 91.3 Å². The molecule has 34 nitrogen and oxygen atoms in total. The summed E-state index contributed by atoms with van der Waals surface area (Å²) in [6.07, 6.45) is 3.16. The Morgan fingerprint density at radius 2 is 0.767 bits per heavy atom. The van der Waals surface area contributed by atoms with Crippen LogP contribution in [-0.2, 0) is 126 Å². The molecule has 5 unspecified atom stereocenters. The van der Waals surface area contributed by atoms with E-state index >= 15 is 14.4 Å².